The van der Waals surface area contributed by atoms with E-state index in [1.54, 1.807) is 0 Å². The number of carboxylic acids is 1. The van der Waals surface area contributed by atoms with E-state index in [1.165, 1.54) is 35.1 Å². The maximum absolute atomic E-state index is 12.9. The molecule has 0 atom stereocenters. The van der Waals surface area contributed by atoms with Crippen LogP contribution < -0.4 is 4.74 Å². The number of ether oxygens (including phenoxy) is 1. The fourth-order valence-corrected chi connectivity index (χ4v) is 1.43. The van der Waals surface area contributed by atoms with Crippen molar-refractivity contribution < 1.29 is 19.0 Å². The molecule has 18 heavy (non-hydrogen) atoms. The Morgan fingerprint density at radius 2 is 2.28 bits per heavy atom. The van der Waals surface area contributed by atoms with Gasteiger partial charge in [0.25, 0.3) is 0 Å². The van der Waals surface area contributed by atoms with Crippen LogP contribution in [-0.4, -0.2) is 20.9 Å². The fraction of sp³-hybridized carbons (Fsp3) is 0.0909. The minimum Gasteiger partial charge on any atom is -0.476 e. The van der Waals surface area contributed by atoms with Crippen molar-refractivity contribution in [3.8, 4) is 5.75 Å². The molecule has 0 amide bonds. The van der Waals surface area contributed by atoms with Crippen LogP contribution in [0.1, 0.15) is 10.5 Å². The first-order valence-corrected chi connectivity index (χ1v) is 5.28. The molecule has 1 heterocycles. The Labute approximate surface area is 106 Å². The Kier molecular flexibility index (Phi) is 3.47. The first kappa shape index (κ1) is 12.4. The predicted octanol–water partition coefficient (Wildman–Crippen LogP) is 2.41. The third kappa shape index (κ3) is 2.78. The Morgan fingerprint density at radius 3 is 2.89 bits per heavy atom. The lowest BCUT2D eigenvalue weighted by atomic mass is 10.3. The third-order valence-corrected chi connectivity index (χ3v) is 2.40. The van der Waals surface area contributed by atoms with E-state index in [0.29, 0.717) is 5.75 Å². The topological polar surface area (TPSA) is 64.3 Å². The van der Waals surface area contributed by atoms with Crippen LogP contribution in [-0.2, 0) is 6.73 Å². The molecule has 0 saturated heterocycles. The summed E-state index contributed by atoms with van der Waals surface area (Å²) < 4.78 is 19.5. The summed E-state index contributed by atoms with van der Waals surface area (Å²) in [5, 5.41) is 12.4. The van der Waals surface area contributed by atoms with Crippen LogP contribution in [0, 0.1) is 5.82 Å². The number of halogens is 2. The first-order valence-electron chi connectivity index (χ1n) is 4.91. The van der Waals surface area contributed by atoms with E-state index in [1.807, 2.05) is 0 Å². The zero-order chi connectivity index (χ0) is 13.1. The van der Waals surface area contributed by atoms with Crippen molar-refractivity contribution >= 4 is 17.6 Å². The standard InChI is InChI=1S/C11H8ClFN2O3/c12-8-5-7(1-2-9(8)13)18-6-15-4-3-10(14-15)11(16)17/h1-5H,6H2,(H,16,17). The van der Waals surface area contributed by atoms with Gasteiger partial charge in [-0.1, -0.05) is 11.6 Å². The summed E-state index contributed by atoms with van der Waals surface area (Å²) in [6.07, 6.45) is 1.47. The molecule has 2 rings (SSSR count). The largest absolute Gasteiger partial charge is 0.476 e. The Hall–Kier alpha value is -2.08. The van der Waals surface area contributed by atoms with Crippen LogP contribution in [0.2, 0.25) is 5.02 Å². The van der Waals surface area contributed by atoms with Gasteiger partial charge in [-0.3, -0.25) is 0 Å². The molecule has 2 aromatic rings. The second-order valence-electron chi connectivity index (χ2n) is 3.39. The van der Waals surface area contributed by atoms with E-state index < -0.39 is 11.8 Å². The molecule has 1 aromatic carbocycles. The van der Waals surface area contributed by atoms with Crippen LogP contribution in [0.5, 0.6) is 5.75 Å². The van der Waals surface area contributed by atoms with Gasteiger partial charge in [0.15, 0.2) is 12.4 Å². The average molecular weight is 271 g/mol. The van der Waals surface area contributed by atoms with Crippen molar-refractivity contribution in [3.63, 3.8) is 0 Å². The van der Waals surface area contributed by atoms with E-state index in [-0.39, 0.29) is 17.4 Å². The number of nitrogens with zero attached hydrogens (tertiary/aromatic N) is 2. The van der Waals surface area contributed by atoms with Crippen molar-refractivity contribution in [2.75, 3.05) is 0 Å². The summed E-state index contributed by atoms with van der Waals surface area (Å²) >= 11 is 5.59. The van der Waals surface area contributed by atoms with E-state index in [2.05, 4.69) is 5.10 Å². The Balaban J connectivity index is 2.02. The van der Waals surface area contributed by atoms with Gasteiger partial charge in [0.1, 0.15) is 11.6 Å². The summed E-state index contributed by atoms with van der Waals surface area (Å²) in [6.45, 7) is 0.00917. The number of hydrogen-bond donors (Lipinski definition) is 1. The van der Waals surface area contributed by atoms with E-state index >= 15 is 0 Å². The molecule has 0 spiro atoms. The summed E-state index contributed by atoms with van der Waals surface area (Å²) in [4.78, 5) is 10.6. The molecule has 0 aliphatic rings. The maximum Gasteiger partial charge on any atom is 0.356 e. The number of benzene rings is 1. The minimum atomic E-state index is -1.11. The lowest BCUT2D eigenvalue weighted by Crippen LogP contribution is -2.07. The van der Waals surface area contributed by atoms with Crippen molar-refractivity contribution in [1.29, 1.82) is 0 Å². The molecule has 0 fully saturated rings. The van der Waals surface area contributed by atoms with E-state index in [9.17, 15) is 9.18 Å². The molecule has 0 aliphatic heterocycles. The van der Waals surface area contributed by atoms with Crippen LogP contribution in [0.15, 0.2) is 30.5 Å². The number of carbonyl (C=O) groups is 1. The number of rotatable bonds is 4. The molecule has 94 valence electrons. The summed E-state index contributed by atoms with van der Waals surface area (Å²) in [5.41, 5.74) is -0.0734. The number of aromatic nitrogens is 2. The second kappa shape index (κ2) is 5.05. The fourth-order valence-electron chi connectivity index (χ4n) is 1.25. The zero-order valence-electron chi connectivity index (χ0n) is 9.01. The second-order valence-corrected chi connectivity index (χ2v) is 3.80. The van der Waals surface area contributed by atoms with Crippen LogP contribution in [0.3, 0.4) is 0 Å². The highest BCUT2D eigenvalue weighted by Crippen LogP contribution is 2.21. The SMILES string of the molecule is O=C(O)c1ccn(COc2ccc(F)c(Cl)c2)n1. The molecular formula is C11H8ClFN2O3. The highest BCUT2D eigenvalue weighted by molar-refractivity contribution is 6.30. The van der Waals surface area contributed by atoms with Crippen molar-refractivity contribution in [2.45, 2.75) is 6.73 Å². The quantitative estimate of drug-likeness (QED) is 0.927. The summed E-state index contributed by atoms with van der Waals surface area (Å²) in [5.74, 6) is -1.27. The Bertz CT molecular complexity index is 585. The van der Waals surface area contributed by atoms with Gasteiger partial charge in [-0.25, -0.2) is 13.9 Å². The predicted molar refractivity (Wildman–Crippen MR) is 61.2 cm³/mol. The first-order chi connectivity index (χ1) is 8.56. The van der Waals surface area contributed by atoms with Crippen molar-refractivity contribution in [1.82, 2.24) is 9.78 Å². The number of hydrogen-bond acceptors (Lipinski definition) is 3. The van der Waals surface area contributed by atoms with Crippen LogP contribution in [0.4, 0.5) is 4.39 Å². The monoisotopic (exact) mass is 270 g/mol. The van der Waals surface area contributed by atoms with Gasteiger partial charge in [-0.15, -0.1) is 0 Å². The van der Waals surface area contributed by atoms with Gasteiger partial charge < -0.3 is 9.84 Å². The lowest BCUT2D eigenvalue weighted by molar-refractivity contribution is 0.0688. The maximum atomic E-state index is 12.9. The van der Waals surface area contributed by atoms with Gasteiger partial charge >= 0.3 is 5.97 Å². The average Bonchev–Trinajstić information content (AvgIpc) is 2.79. The highest BCUT2D eigenvalue weighted by atomic mass is 35.5. The third-order valence-electron chi connectivity index (χ3n) is 2.11. The van der Waals surface area contributed by atoms with Gasteiger partial charge in [-0.2, -0.15) is 5.10 Å². The lowest BCUT2D eigenvalue weighted by Gasteiger charge is -2.06. The molecule has 7 heteroatoms. The summed E-state index contributed by atoms with van der Waals surface area (Å²) in [7, 11) is 0. The van der Waals surface area contributed by atoms with E-state index in [0.717, 1.165) is 0 Å². The molecular weight excluding hydrogens is 263 g/mol. The molecule has 1 aromatic heterocycles. The number of carboxylic acid groups (broad SMARTS) is 1. The van der Waals surface area contributed by atoms with Crippen LogP contribution in [0.25, 0.3) is 0 Å². The molecule has 0 radical (unpaired) electrons. The molecule has 0 saturated carbocycles. The van der Waals surface area contributed by atoms with Gasteiger partial charge in [-0.05, 0) is 18.2 Å². The number of aromatic carboxylic acids is 1. The van der Waals surface area contributed by atoms with Gasteiger partial charge in [0.2, 0.25) is 0 Å². The van der Waals surface area contributed by atoms with Crippen molar-refractivity contribution in [2.24, 2.45) is 0 Å². The molecule has 5 nitrogen and oxygen atoms in total. The van der Waals surface area contributed by atoms with Crippen molar-refractivity contribution in [3.05, 3.63) is 47.0 Å². The molecule has 0 aliphatic carbocycles. The zero-order valence-corrected chi connectivity index (χ0v) is 9.76. The van der Waals surface area contributed by atoms with E-state index in [4.69, 9.17) is 21.4 Å². The molecule has 0 bridgehead atoms. The van der Waals surface area contributed by atoms with Gasteiger partial charge in [0, 0.05) is 12.3 Å². The Morgan fingerprint density at radius 1 is 1.50 bits per heavy atom. The minimum absolute atomic E-state index is 0.00917. The highest BCUT2D eigenvalue weighted by Gasteiger charge is 2.07. The van der Waals surface area contributed by atoms with Crippen LogP contribution >= 0.6 is 11.6 Å². The van der Waals surface area contributed by atoms with Gasteiger partial charge in [0.05, 0.1) is 5.02 Å². The summed E-state index contributed by atoms with van der Waals surface area (Å²) in [6, 6.07) is 5.29. The molecule has 1 N–H and O–H groups in total. The smallest absolute Gasteiger partial charge is 0.356 e. The molecule has 0 unspecified atom stereocenters. The normalized spacial score (nSPS) is 10.3.